The molecule has 0 radical (unpaired) electrons. The van der Waals surface area contributed by atoms with E-state index in [-0.39, 0.29) is 5.91 Å². The number of piperidine rings is 1. The highest BCUT2D eigenvalue weighted by Gasteiger charge is 2.15. The minimum absolute atomic E-state index is 0.277. The molecule has 1 rings (SSSR count). The van der Waals surface area contributed by atoms with Crippen LogP contribution in [0.5, 0.6) is 0 Å². The number of methoxy groups -OCH3 is 1. The first-order valence-electron chi connectivity index (χ1n) is 6.67. The van der Waals surface area contributed by atoms with Crippen molar-refractivity contribution in [3.8, 4) is 0 Å². The zero-order valence-electron chi connectivity index (χ0n) is 11.2. The highest BCUT2D eigenvalue weighted by molar-refractivity contribution is 5.75. The molecule has 0 saturated carbocycles. The Morgan fingerprint density at radius 1 is 1.41 bits per heavy atom. The van der Waals surface area contributed by atoms with Gasteiger partial charge < -0.3 is 15.0 Å². The van der Waals surface area contributed by atoms with E-state index in [1.165, 1.54) is 12.8 Å². The monoisotopic (exact) mass is 242 g/mol. The lowest BCUT2D eigenvalue weighted by Gasteiger charge is -2.23. The van der Waals surface area contributed by atoms with Crippen molar-refractivity contribution in [1.29, 1.82) is 0 Å². The molecule has 0 aliphatic carbocycles. The molecule has 1 saturated heterocycles. The third kappa shape index (κ3) is 6.03. The molecule has 1 N–H and O–H groups in total. The van der Waals surface area contributed by atoms with Gasteiger partial charge in [0.25, 0.3) is 0 Å². The fraction of sp³-hybridized carbons (Fsp3) is 0.923. The van der Waals surface area contributed by atoms with Crippen LogP contribution < -0.4 is 5.32 Å². The summed E-state index contributed by atoms with van der Waals surface area (Å²) in [6.07, 6.45) is 5.12. The van der Waals surface area contributed by atoms with Gasteiger partial charge in [-0.05, 0) is 44.7 Å². The van der Waals surface area contributed by atoms with Crippen molar-refractivity contribution in [3.05, 3.63) is 0 Å². The Balaban J connectivity index is 2.10. The number of ether oxygens (including phenoxy) is 1. The maximum atomic E-state index is 11.8. The van der Waals surface area contributed by atoms with Crippen LogP contribution in [-0.2, 0) is 9.53 Å². The van der Waals surface area contributed by atoms with Crippen molar-refractivity contribution in [1.82, 2.24) is 10.2 Å². The van der Waals surface area contributed by atoms with E-state index in [9.17, 15) is 4.79 Å². The van der Waals surface area contributed by atoms with Crippen LogP contribution in [0, 0.1) is 5.92 Å². The van der Waals surface area contributed by atoms with Gasteiger partial charge in [0.1, 0.15) is 0 Å². The van der Waals surface area contributed by atoms with Crippen molar-refractivity contribution in [2.45, 2.75) is 32.1 Å². The third-order valence-electron chi connectivity index (χ3n) is 3.49. The molecule has 0 aromatic carbocycles. The molecule has 1 aliphatic heterocycles. The van der Waals surface area contributed by atoms with Gasteiger partial charge in [0.05, 0.1) is 0 Å². The van der Waals surface area contributed by atoms with Gasteiger partial charge in [-0.15, -0.1) is 0 Å². The van der Waals surface area contributed by atoms with Crippen molar-refractivity contribution in [3.63, 3.8) is 0 Å². The van der Waals surface area contributed by atoms with Gasteiger partial charge in [-0.3, -0.25) is 4.79 Å². The van der Waals surface area contributed by atoms with Gasteiger partial charge in [-0.25, -0.2) is 0 Å². The van der Waals surface area contributed by atoms with Crippen LogP contribution in [0.4, 0.5) is 0 Å². The lowest BCUT2D eigenvalue weighted by Crippen LogP contribution is -2.31. The Bertz CT molecular complexity index is 215. The summed E-state index contributed by atoms with van der Waals surface area (Å²) in [5.74, 6) is 1.02. The second-order valence-electron chi connectivity index (χ2n) is 4.89. The molecule has 100 valence electrons. The van der Waals surface area contributed by atoms with Crippen LogP contribution in [-0.4, -0.2) is 51.2 Å². The van der Waals surface area contributed by atoms with E-state index in [1.54, 1.807) is 7.11 Å². The number of hydrogen-bond donors (Lipinski definition) is 1. The van der Waals surface area contributed by atoms with Crippen LogP contribution in [0.25, 0.3) is 0 Å². The third-order valence-corrected chi connectivity index (χ3v) is 3.49. The molecule has 1 aliphatic rings. The predicted octanol–water partition coefficient (Wildman–Crippen LogP) is 1.26. The average molecular weight is 242 g/mol. The van der Waals surface area contributed by atoms with Gasteiger partial charge in [0, 0.05) is 33.7 Å². The molecule has 4 heteroatoms. The summed E-state index contributed by atoms with van der Waals surface area (Å²) >= 11 is 0. The van der Waals surface area contributed by atoms with Gasteiger partial charge in [0.2, 0.25) is 5.91 Å². The standard InChI is InChI=1S/C13H26N2O2/c1-15(10-3-11-17-2)13(16)5-4-12-6-8-14-9-7-12/h12,14H,3-11H2,1-2H3. The summed E-state index contributed by atoms with van der Waals surface area (Å²) in [5.41, 5.74) is 0. The SMILES string of the molecule is COCCCN(C)C(=O)CCC1CCNCC1. The molecule has 1 amide bonds. The summed E-state index contributed by atoms with van der Waals surface area (Å²) in [5, 5.41) is 3.35. The molecule has 0 bridgehead atoms. The lowest BCUT2D eigenvalue weighted by molar-refractivity contribution is -0.130. The number of nitrogens with one attached hydrogen (secondary N) is 1. The second kappa shape index (κ2) is 8.48. The number of carbonyl (C=O) groups excluding carboxylic acids is 1. The molecule has 0 aromatic heterocycles. The van der Waals surface area contributed by atoms with Crippen LogP contribution in [0.1, 0.15) is 32.1 Å². The van der Waals surface area contributed by atoms with E-state index in [1.807, 2.05) is 11.9 Å². The van der Waals surface area contributed by atoms with Gasteiger partial charge >= 0.3 is 0 Å². The first kappa shape index (κ1) is 14.5. The summed E-state index contributed by atoms with van der Waals surface area (Å²) in [7, 11) is 3.58. The Kier molecular flexibility index (Phi) is 7.21. The topological polar surface area (TPSA) is 41.6 Å². The van der Waals surface area contributed by atoms with E-state index in [4.69, 9.17) is 4.74 Å². The van der Waals surface area contributed by atoms with Crippen LogP contribution in [0.3, 0.4) is 0 Å². The Hall–Kier alpha value is -0.610. The van der Waals surface area contributed by atoms with Gasteiger partial charge in [0.15, 0.2) is 0 Å². The molecular formula is C13H26N2O2. The number of carbonyl (C=O) groups is 1. The molecule has 1 fully saturated rings. The maximum Gasteiger partial charge on any atom is 0.222 e. The zero-order valence-corrected chi connectivity index (χ0v) is 11.2. The molecular weight excluding hydrogens is 216 g/mol. The van der Waals surface area contributed by atoms with Crippen LogP contribution in [0.15, 0.2) is 0 Å². The molecule has 0 spiro atoms. The number of nitrogens with zero attached hydrogens (tertiary/aromatic N) is 1. The van der Waals surface area contributed by atoms with Crippen molar-refractivity contribution >= 4 is 5.91 Å². The molecule has 0 unspecified atom stereocenters. The Morgan fingerprint density at radius 3 is 2.76 bits per heavy atom. The van der Waals surface area contributed by atoms with Gasteiger partial charge in [-0.2, -0.15) is 0 Å². The van der Waals surface area contributed by atoms with E-state index in [0.717, 1.165) is 45.0 Å². The minimum atomic E-state index is 0.277. The molecule has 0 atom stereocenters. The highest BCUT2D eigenvalue weighted by atomic mass is 16.5. The summed E-state index contributed by atoms with van der Waals surface area (Å²) in [4.78, 5) is 13.7. The predicted molar refractivity (Wildman–Crippen MR) is 69.0 cm³/mol. The molecule has 1 heterocycles. The number of hydrogen-bond acceptors (Lipinski definition) is 3. The quantitative estimate of drug-likeness (QED) is 0.683. The van der Waals surface area contributed by atoms with E-state index >= 15 is 0 Å². The zero-order chi connectivity index (χ0) is 12.5. The van der Waals surface area contributed by atoms with E-state index < -0.39 is 0 Å². The Morgan fingerprint density at radius 2 is 2.12 bits per heavy atom. The fourth-order valence-corrected chi connectivity index (χ4v) is 2.26. The summed E-state index contributed by atoms with van der Waals surface area (Å²) in [6, 6.07) is 0. The Labute approximate surface area is 105 Å². The second-order valence-corrected chi connectivity index (χ2v) is 4.89. The fourth-order valence-electron chi connectivity index (χ4n) is 2.26. The summed E-state index contributed by atoms with van der Waals surface area (Å²) < 4.78 is 4.98. The summed E-state index contributed by atoms with van der Waals surface area (Å²) in [6.45, 7) is 3.76. The van der Waals surface area contributed by atoms with Crippen LogP contribution >= 0.6 is 0 Å². The highest BCUT2D eigenvalue weighted by Crippen LogP contribution is 2.18. The van der Waals surface area contributed by atoms with E-state index in [2.05, 4.69) is 5.32 Å². The molecule has 4 nitrogen and oxygen atoms in total. The molecule has 17 heavy (non-hydrogen) atoms. The van der Waals surface area contributed by atoms with Crippen molar-refractivity contribution < 1.29 is 9.53 Å². The van der Waals surface area contributed by atoms with Gasteiger partial charge in [-0.1, -0.05) is 0 Å². The van der Waals surface area contributed by atoms with E-state index in [0.29, 0.717) is 6.42 Å². The normalized spacial score (nSPS) is 17.1. The lowest BCUT2D eigenvalue weighted by atomic mass is 9.93. The van der Waals surface area contributed by atoms with Crippen molar-refractivity contribution in [2.75, 3.05) is 40.4 Å². The number of amides is 1. The smallest absolute Gasteiger partial charge is 0.222 e. The largest absolute Gasteiger partial charge is 0.385 e. The van der Waals surface area contributed by atoms with Crippen molar-refractivity contribution in [2.24, 2.45) is 5.92 Å². The average Bonchev–Trinajstić information content (AvgIpc) is 2.37. The number of rotatable bonds is 7. The molecule has 0 aromatic rings. The maximum absolute atomic E-state index is 11.8. The first-order chi connectivity index (χ1) is 8.24. The minimum Gasteiger partial charge on any atom is -0.385 e. The first-order valence-corrected chi connectivity index (χ1v) is 6.67. The van der Waals surface area contributed by atoms with Crippen LogP contribution in [0.2, 0.25) is 0 Å².